The zero-order valence-electron chi connectivity index (χ0n) is 16.4. The molecule has 1 aromatic rings. The third kappa shape index (κ3) is 8.19. The van der Waals surface area contributed by atoms with Crippen LogP contribution in [0.3, 0.4) is 0 Å². The minimum Gasteiger partial charge on any atom is -0.497 e. The van der Waals surface area contributed by atoms with E-state index in [1.165, 1.54) is 6.08 Å². The number of hydrogen-bond acceptors (Lipinski definition) is 5. The van der Waals surface area contributed by atoms with E-state index in [1.54, 1.807) is 31.4 Å². The highest BCUT2D eigenvalue weighted by molar-refractivity contribution is 6.17. The van der Waals surface area contributed by atoms with Crippen LogP contribution in [0.1, 0.15) is 46.1 Å². The second-order valence-corrected chi connectivity index (χ2v) is 6.97. The summed E-state index contributed by atoms with van der Waals surface area (Å²) in [5.74, 6) is 0.208. The third-order valence-corrected chi connectivity index (χ3v) is 3.72. The van der Waals surface area contributed by atoms with Gasteiger partial charge in [0.2, 0.25) is 0 Å². The van der Waals surface area contributed by atoms with E-state index in [0.29, 0.717) is 23.1 Å². The van der Waals surface area contributed by atoms with Crippen molar-refractivity contribution in [3.63, 3.8) is 0 Å². The topological polar surface area (TPSA) is 61.8 Å². The quantitative estimate of drug-likeness (QED) is 0.269. The van der Waals surface area contributed by atoms with Crippen LogP contribution in [0.25, 0.3) is 6.08 Å². The maximum absolute atomic E-state index is 12.4. The van der Waals surface area contributed by atoms with E-state index in [1.807, 2.05) is 27.7 Å². The van der Waals surface area contributed by atoms with Crippen LogP contribution in [-0.2, 0) is 19.1 Å². The van der Waals surface area contributed by atoms with Crippen molar-refractivity contribution in [3.8, 4) is 5.75 Å². The molecular formula is C21H30O5. The van der Waals surface area contributed by atoms with Gasteiger partial charge in [-0.25, -0.2) is 9.59 Å². The van der Waals surface area contributed by atoms with Gasteiger partial charge in [0.1, 0.15) is 11.3 Å². The molecule has 0 atom stereocenters. The van der Waals surface area contributed by atoms with Crippen LogP contribution >= 0.6 is 0 Å². The van der Waals surface area contributed by atoms with Crippen molar-refractivity contribution in [2.45, 2.75) is 40.5 Å². The van der Waals surface area contributed by atoms with E-state index in [-0.39, 0.29) is 18.8 Å². The number of benzene rings is 1. The van der Waals surface area contributed by atoms with Gasteiger partial charge < -0.3 is 14.2 Å². The van der Waals surface area contributed by atoms with Crippen molar-refractivity contribution >= 4 is 18.0 Å². The summed E-state index contributed by atoms with van der Waals surface area (Å²) in [6.07, 6.45) is 2.97. The van der Waals surface area contributed by atoms with Gasteiger partial charge in [0.15, 0.2) is 0 Å². The molecular weight excluding hydrogens is 332 g/mol. The number of methoxy groups -OCH3 is 1. The summed E-state index contributed by atoms with van der Waals surface area (Å²) in [6.45, 7) is 8.72. The predicted octanol–water partition coefficient (Wildman–Crippen LogP) is 4.26. The molecule has 0 radical (unpaired) electrons. The van der Waals surface area contributed by atoms with E-state index in [2.05, 4.69) is 0 Å². The highest BCUT2D eigenvalue weighted by atomic mass is 16.6. The van der Waals surface area contributed by atoms with Crippen LogP contribution in [0.2, 0.25) is 0 Å². The summed E-state index contributed by atoms with van der Waals surface area (Å²) in [5.41, 5.74) is 0.602. The molecule has 0 N–H and O–H groups in total. The lowest BCUT2D eigenvalue weighted by atomic mass is 10.1. The van der Waals surface area contributed by atoms with Crippen LogP contribution in [0, 0.1) is 11.8 Å². The van der Waals surface area contributed by atoms with Crippen LogP contribution in [-0.4, -0.2) is 32.3 Å². The Labute approximate surface area is 156 Å². The summed E-state index contributed by atoms with van der Waals surface area (Å²) in [5, 5.41) is 0. The van der Waals surface area contributed by atoms with Crippen LogP contribution in [0.15, 0.2) is 29.8 Å². The predicted molar refractivity (Wildman–Crippen MR) is 102 cm³/mol. The number of rotatable bonds is 10. The lowest BCUT2D eigenvalue weighted by Gasteiger charge is -2.11. The molecule has 0 saturated carbocycles. The molecule has 0 unspecified atom stereocenters. The summed E-state index contributed by atoms with van der Waals surface area (Å²) in [7, 11) is 1.58. The maximum Gasteiger partial charge on any atom is 0.345 e. The Bertz CT molecular complexity index is 571. The van der Waals surface area contributed by atoms with Gasteiger partial charge >= 0.3 is 11.9 Å². The minimum absolute atomic E-state index is 0.0947. The molecule has 0 aliphatic carbocycles. The number of ether oxygens (including phenoxy) is 3. The smallest absolute Gasteiger partial charge is 0.345 e. The molecule has 1 rings (SSSR count). The second-order valence-electron chi connectivity index (χ2n) is 6.97. The molecule has 144 valence electrons. The lowest BCUT2D eigenvalue weighted by molar-refractivity contribution is -0.147. The van der Waals surface area contributed by atoms with E-state index in [9.17, 15) is 9.59 Å². The van der Waals surface area contributed by atoms with Gasteiger partial charge in [-0.15, -0.1) is 0 Å². The van der Waals surface area contributed by atoms with E-state index in [0.717, 1.165) is 12.8 Å². The van der Waals surface area contributed by atoms with Crippen LogP contribution in [0.4, 0.5) is 0 Å². The van der Waals surface area contributed by atoms with E-state index in [4.69, 9.17) is 14.2 Å². The van der Waals surface area contributed by atoms with Crippen molar-refractivity contribution in [3.05, 3.63) is 35.4 Å². The second kappa shape index (κ2) is 11.3. The van der Waals surface area contributed by atoms with Crippen molar-refractivity contribution < 1.29 is 23.8 Å². The maximum atomic E-state index is 12.4. The largest absolute Gasteiger partial charge is 0.497 e. The summed E-state index contributed by atoms with van der Waals surface area (Å²) < 4.78 is 15.6. The van der Waals surface area contributed by atoms with Crippen molar-refractivity contribution in [1.82, 2.24) is 0 Å². The highest BCUT2D eigenvalue weighted by Crippen LogP contribution is 2.16. The Balaban J connectivity index is 2.89. The van der Waals surface area contributed by atoms with E-state index >= 15 is 0 Å². The monoisotopic (exact) mass is 362 g/mol. The average Bonchev–Trinajstić information content (AvgIpc) is 2.59. The Kier molecular flexibility index (Phi) is 9.48. The number of esters is 2. The molecule has 0 amide bonds. The standard InChI is InChI=1S/C21H30O5/c1-15(2)10-12-25-20(22)19(21(23)26-13-11-16(3)4)14-17-6-8-18(24-5)9-7-17/h6-9,14-16H,10-13H2,1-5H3. The van der Waals surface area contributed by atoms with Crippen LogP contribution in [0.5, 0.6) is 5.75 Å². The van der Waals surface area contributed by atoms with Crippen molar-refractivity contribution in [2.75, 3.05) is 20.3 Å². The lowest BCUT2D eigenvalue weighted by Crippen LogP contribution is -2.20. The Morgan fingerprint density at radius 1 is 0.885 bits per heavy atom. The summed E-state index contributed by atoms with van der Waals surface area (Å²) in [4.78, 5) is 24.7. The average molecular weight is 362 g/mol. The van der Waals surface area contributed by atoms with Gasteiger partial charge in [-0.2, -0.15) is 0 Å². The Hall–Kier alpha value is -2.30. The molecule has 0 aromatic heterocycles. The fourth-order valence-electron chi connectivity index (χ4n) is 2.00. The zero-order valence-corrected chi connectivity index (χ0v) is 16.4. The fraction of sp³-hybridized carbons (Fsp3) is 0.524. The first kappa shape index (κ1) is 21.7. The molecule has 0 saturated heterocycles. The first-order valence-corrected chi connectivity index (χ1v) is 9.03. The SMILES string of the molecule is COc1ccc(C=C(C(=O)OCCC(C)C)C(=O)OCCC(C)C)cc1. The molecule has 5 heteroatoms. The molecule has 0 aliphatic heterocycles. The van der Waals surface area contributed by atoms with Gasteiger partial charge in [-0.3, -0.25) is 0 Å². The molecule has 0 fully saturated rings. The molecule has 1 aromatic carbocycles. The number of carbonyl (C=O) groups excluding carboxylic acids is 2. The normalized spacial score (nSPS) is 10.6. The fourth-order valence-corrected chi connectivity index (χ4v) is 2.00. The molecule has 0 aliphatic rings. The molecule has 0 spiro atoms. The molecule has 5 nitrogen and oxygen atoms in total. The number of carbonyl (C=O) groups is 2. The zero-order chi connectivity index (χ0) is 19.5. The number of hydrogen-bond donors (Lipinski definition) is 0. The van der Waals surface area contributed by atoms with E-state index < -0.39 is 11.9 Å². The highest BCUT2D eigenvalue weighted by Gasteiger charge is 2.22. The summed E-state index contributed by atoms with van der Waals surface area (Å²) >= 11 is 0. The Morgan fingerprint density at radius 2 is 1.35 bits per heavy atom. The van der Waals surface area contributed by atoms with Gasteiger partial charge in [0, 0.05) is 0 Å². The summed E-state index contributed by atoms with van der Waals surface area (Å²) in [6, 6.07) is 7.05. The molecule has 0 heterocycles. The van der Waals surface area contributed by atoms with Crippen molar-refractivity contribution in [2.24, 2.45) is 11.8 Å². The van der Waals surface area contributed by atoms with Gasteiger partial charge in [-0.1, -0.05) is 39.8 Å². The Morgan fingerprint density at radius 3 is 1.73 bits per heavy atom. The van der Waals surface area contributed by atoms with Gasteiger partial charge in [0.25, 0.3) is 0 Å². The molecule has 26 heavy (non-hydrogen) atoms. The first-order chi connectivity index (χ1) is 12.3. The minimum atomic E-state index is -0.656. The van der Waals surface area contributed by atoms with Gasteiger partial charge in [-0.05, 0) is 48.4 Å². The first-order valence-electron chi connectivity index (χ1n) is 9.03. The van der Waals surface area contributed by atoms with Gasteiger partial charge in [0.05, 0.1) is 20.3 Å². The third-order valence-electron chi connectivity index (χ3n) is 3.72. The van der Waals surface area contributed by atoms with Crippen LogP contribution < -0.4 is 4.74 Å². The molecule has 0 bridgehead atoms. The van der Waals surface area contributed by atoms with Crippen molar-refractivity contribution in [1.29, 1.82) is 0 Å².